The standard InChI is InChI=1S/C21H16F4N6O/c22-14-2-4-16(17(23)5-14)20(32,11-31-12-28-29-30-31)21(24,25)19-8-18(9-19,10-19)13-1-3-15(6-26)27-7-13/h1-5,7,12,32H,8-11H2/t18?,19?,20-/m0/s1. The molecular formula is C21H16F4N6O. The van der Waals surface area contributed by atoms with Crippen LogP contribution in [0.2, 0.25) is 0 Å². The van der Waals surface area contributed by atoms with E-state index in [9.17, 15) is 13.9 Å². The number of aromatic nitrogens is 5. The summed E-state index contributed by atoms with van der Waals surface area (Å²) in [4.78, 5) is 4.01. The third-order valence-electron chi connectivity index (χ3n) is 6.87. The molecule has 32 heavy (non-hydrogen) atoms. The number of aliphatic hydroxyl groups is 1. The van der Waals surface area contributed by atoms with Crippen LogP contribution in [0.15, 0.2) is 42.9 Å². The molecule has 3 aliphatic rings. The minimum Gasteiger partial charge on any atom is -0.377 e. The van der Waals surface area contributed by atoms with Crippen LogP contribution in [-0.2, 0) is 17.6 Å². The lowest BCUT2D eigenvalue weighted by Crippen LogP contribution is -2.76. The maximum Gasteiger partial charge on any atom is 0.287 e. The Kier molecular flexibility index (Phi) is 4.20. The van der Waals surface area contributed by atoms with E-state index in [2.05, 4.69) is 20.5 Å². The summed E-state index contributed by atoms with van der Waals surface area (Å²) in [5, 5.41) is 30.5. The Hall–Kier alpha value is -3.39. The lowest BCUT2D eigenvalue weighted by Gasteiger charge is -2.74. The molecule has 0 spiro atoms. The van der Waals surface area contributed by atoms with Crippen LogP contribution in [0, 0.1) is 28.4 Å². The summed E-state index contributed by atoms with van der Waals surface area (Å²) in [5.74, 6) is -6.01. The smallest absolute Gasteiger partial charge is 0.287 e. The number of hydrogen-bond donors (Lipinski definition) is 1. The van der Waals surface area contributed by atoms with E-state index in [4.69, 9.17) is 5.26 Å². The zero-order valence-corrected chi connectivity index (χ0v) is 16.5. The van der Waals surface area contributed by atoms with E-state index in [0.29, 0.717) is 6.07 Å². The number of pyridine rings is 1. The van der Waals surface area contributed by atoms with Crippen molar-refractivity contribution in [3.05, 3.63) is 71.3 Å². The van der Waals surface area contributed by atoms with Gasteiger partial charge in [-0.05, 0) is 58.9 Å². The molecule has 0 amide bonds. The van der Waals surface area contributed by atoms with Gasteiger partial charge in [0.2, 0.25) is 0 Å². The fraction of sp³-hybridized carbons (Fsp3) is 0.381. The first-order valence-corrected chi connectivity index (χ1v) is 9.78. The maximum absolute atomic E-state index is 16.1. The van der Waals surface area contributed by atoms with Crippen molar-refractivity contribution in [3.63, 3.8) is 0 Å². The van der Waals surface area contributed by atoms with Gasteiger partial charge in [-0.1, -0.05) is 6.07 Å². The van der Waals surface area contributed by atoms with E-state index in [0.717, 1.165) is 28.7 Å². The van der Waals surface area contributed by atoms with Gasteiger partial charge < -0.3 is 5.11 Å². The molecule has 2 aromatic heterocycles. The maximum atomic E-state index is 16.1. The van der Waals surface area contributed by atoms with Gasteiger partial charge in [-0.15, -0.1) is 5.10 Å². The van der Waals surface area contributed by atoms with Crippen LogP contribution < -0.4 is 0 Å². The highest BCUT2D eigenvalue weighted by molar-refractivity contribution is 5.43. The second-order valence-electron chi connectivity index (χ2n) is 8.70. The Balaban J connectivity index is 1.50. The second-order valence-corrected chi connectivity index (χ2v) is 8.70. The molecule has 2 heterocycles. The predicted octanol–water partition coefficient (Wildman–Crippen LogP) is 2.86. The largest absolute Gasteiger partial charge is 0.377 e. The van der Waals surface area contributed by atoms with Gasteiger partial charge >= 0.3 is 0 Å². The Bertz CT molecular complexity index is 1200. The van der Waals surface area contributed by atoms with Crippen LogP contribution in [0.5, 0.6) is 0 Å². The fourth-order valence-corrected chi connectivity index (χ4v) is 5.31. The van der Waals surface area contributed by atoms with Crippen molar-refractivity contribution >= 4 is 0 Å². The minimum atomic E-state index is -3.79. The summed E-state index contributed by atoms with van der Waals surface area (Å²) in [6.45, 7) is -0.817. The molecule has 3 aliphatic carbocycles. The van der Waals surface area contributed by atoms with Crippen molar-refractivity contribution in [2.45, 2.75) is 42.7 Å². The molecule has 164 valence electrons. The number of nitriles is 1. The Morgan fingerprint density at radius 1 is 1.16 bits per heavy atom. The first-order valence-electron chi connectivity index (χ1n) is 9.78. The van der Waals surface area contributed by atoms with Crippen LogP contribution in [0.1, 0.15) is 36.1 Å². The van der Waals surface area contributed by atoms with Crippen LogP contribution in [0.25, 0.3) is 0 Å². The Labute approximate surface area is 179 Å². The molecule has 6 rings (SSSR count). The zero-order valence-electron chi connectivity index (χ0n) is 16.5. The molecule has 1 aromatic carbocycles. The lowest BCUT2D eigenvalue weighted by atomic mass is 9.30. The van der Waals surface area contributed by atoms with Crippen molar-refractivity contribution in [1.82, 2.24) is 25.2 Å². The highest BCUT2D eigenvalue weighted by Crippen LogP contribution is 2.80. The number of hydrogen-bond acceptors (Lipinski definition) is 6. The van der Waals surface area contributed by atoms with Crippen molar-refractivity contribution in [3.8, 4) is 6.07 Å². The quantitative estimate of drug-likeness (QED) is 0.587. The Morgan fingerprint density at radius 3 is 2.47 bits per heavy atom. The molecule has 3 fully saturated rings. The number of halogens is 4. The molecule has 2 bridgehead atoms. The van der Waals surface area contributed by atoms with Crippen LogP contribution in [0.4, 0.5) is 17.6 Å². The molecule has 0 saturated heterocycles. The van der Waals surface area contributed by atoms with E-state index in [1.165, 1.54) is 12.3 Å². The summed E-state index contributed by atoms with van der Waals surface area (Å²) >= 11 is 0. The van der Waals surface area contributed by atoms with Crippen LogP contribution in [0.3, 0.4) is 0 Å². The Morgan fingerprint density at radius 2 is 1.91 bits per heavy atom. The minimum absolute atomic E-state index is 0.0569. The normalized spacial score (nSPS) is 25.9. The molecule has 3 saturated carbocycles. The van der Waals surface area contributed by atoms with Gasteiger partial charge in [-0.2, -0.15) is 5.26 Å². The number of benzene rings is 1. The number of tetrazole rings is 1. The molecule has 11 heteroatoms. The fourth-order valence-electron chi connectivity index (χ4n) is 5.31. The summed E-state index contributed by atoms with van der Waals surface area (Å²) in [6.07, 6.45) is 2.71. The van der Waals surface area contributed by atoms with Crippen molar-refractivity contribution in [2.75, 3.05) is 0 Å². The van der Waals surface area contributed by atoms with E-state index in [1.54, 1.807) is 6.07 Å². The van der Waals surface area contributed by atoms with Gasteiger partial charge in [0.25, 0.3) is 5.92 Å². The van der Waals surface area contributed by atoms with Gasteiger partial charge in [0.15, 0.2) is 5.60 Å². The van der Waals surface area contributed by atoms with Gasteiger partial charge in [-0.3, -0.25) is 0 Å². The van der Waals surface area contributed by atoms with Crippen LogP contribution in [-0.4, -0.2) is 36.2 Å². The molecule has 1 N–H and O–H groups in total. The summed E-state index contributed by atoms with van der Waals surface area (Å²) in [6, 6.07) is 7.25. The van der Waals surface area contributed by atoms with Crippen LogP contribution >= 0.6 is 0 Å². The van der Waals surface area contributed by atoms with Gasteiger partial charge in [0.05, 0.1) is 6.54 Å². The lowest BCUT2D eigenvalue weighted by molar-refractivity contribution is -0.347. The SMILES string of the molecule is N#Cc1ccc(C23CC(C(F)(F)[C@](O)(Cn4cnnn4)c4ccc(F)cc4F)(C2)C3)cn1. The molecule has 3 aromatic rings. The van der Waals surface area contributed by atoms with E-state index >= 15 is 8.78 Å². The van der Waals surface area contributed by atoms with Crippen molar-refractivity contribution < 1.29 is 22.7 Å². The number of nitrogens with zero attached hydrogens (tertiary/aromatic N) is 6. The van der Waals surface area contributed by atoms with E-state index in [1.807, 2.05) is 6.07 Å². The van der Waals surface area contributed by atoms with Crippen molar-refractivity contribution in [1.29, 1.82) is 5.26 Å². The highest BCUT2D eigenvalue weighted by Gasteiger charge is 2.82. The summed E-state index contributed by atoms with van der Waals surface area (Å²) < 4.78 is 61.1. The second kappa shape index (κ2) is 6.56. The third kappa shape index (κ3) is 2.62. The van der Waals surface area contributed by atoms with Gasteiger partial charge in [0, 0.05) is 23.2 Å². The molecule has 0 radical (unpaired) electrons. The molecular weight excluding hydrogens is 428 g/mol. The molecule has 0 aliphatic heterocycles. The molecule has 0 unspecified atom stereocenters. The third-order valence-corrected chi connectivity index (χ3v) is 6.87. The molecule has 1 atom stereocenters. The van der Waals surface area contributed by atoms with Gasteiger partial charge in [0.1, 0.15) is 29.7 Å². The molecule has 7 nitrogen and oxygen atoms in total. The number of rotatable bonds is 6. The number of alkyl halides is 2. The van der Waals surface area contributed by atoms with E-state index in [-0.39, 0.29) is 25.0 Å². The van der Waals surface area contributed by atoms with Crippen molar-refractivity contribution in [2.24, 2.45) is 5.41 Å². The first-order chi connectivity index (χ1) is 15.1. The average Bonchev–Trinajstić information content (AvgIpc) is 3.18. The predicted molar refractivity (Wildman–Crippen MR) is 99.9 cm³/mol. The summed E-state index contributed by atoms with van der Waals surface area (Å²) in [5.41, 5.74) is -4.88. The topological polar surface area (TPSA) is 101 Å². The zero-order chi connectivity index (χ0) is 22.8. The average molecular weight is 444 g/mol. The van der Waals surface area contributed by atoms with Gasteiger partial charge in [-0.25, -0.2) is 27.2 Å². The van der Waals surface area contributed by atoms with E-state index < -0.39 is 46.1 Å². The highest BCUT2D eigenvalue weighted by atomic mass is 19.3. The summed E-state index contributed by atoms with van der Waals surface area (Å²) in [7, 11) is 0. The monoisotopic (exact) mass is 444 g/mol. The first kappa shape index (κ1) is 20.5.